The molecule has 2 N–H and O–H groups in total. The molecule has 0 bridgehead atoms. The zero-order chi connectivity index (χ0) is 13.9. The van der Waals surface area contributed by atoms with E-state index in [4.69, 9.17) is 5.73 Å². The largest absolute Gasteiger partial charge is 0.330 e. The van der Waals surface area contributed by atoms with Crippen molar-refractivity contribution in [2.45, 2.75) is 24.9 Å². The summed E-state index contributed by atoms with van der Waals surface area (Å²) in [4.78, 5) is 4.27. The lowest BCUT2D eigenvalue weighted by atomic mass is 10.0. The molecule has 0 amide bonds. The van der Waals surface area contributed by atoms with E-state index < -0.39 is 10.8 Å². The molecule has 5 heteroatoms. The molecule has 1 aliphatic heterocycles. The topological polar surface area (TPSA) is 60.9 Å². The summed E-state index contributed by atoms with van der Waals surface area (Å²) in [7, 11) is -0.641. The van der Waals surface area contributed by atoms with Gasteiger partial charge in [0.1, 0.15) is 0 Å². The Morgan fingerprint density at radius 2 is 1.95 bits per heavy atom. The van der Waals surface area contributed by atoms with Gasteiger partial charge in [-0.05, 0) is 18.4 Å². The Morgan fingerprint density at radius 3 is 2.65 bits per heavy atom. The van der Waals surface area contributed by atoms with Gasteiger partial charge in [-0.25, -0.2) is 4.98 Å². The van der Waals surface area contributed by atoms with Crippen LogP contribution < -0.4 is 5.73 Å². The van der Waals surface area contributed by atoms with Crippen molar-refractivity contribution in [3.05, 3.63) is 54.1 Å². The molecule has 106 valence electrons. The molecule has 0 saturated carbocycles. The van der Waals surface area contributed by atoms with E-state index in [1.807, 2.05) is 42.9 Å². The highest BCUT2D eigenvalue weighted by Crippen LogP contribution is 2.27. The van der Waals surface area contributed by atoms with Crippen molar-refractivity contribution in [1.29, 1.82) is 0 Å². The average Bonchev–Trinajstić information content (AvgIpc) is 2.97. The fraction of sp³-hybridized carbons (Fsp3) is 0.400. The highest BCUT2D eigenvalue weighted by atomic mass is 32.2. The lowest BCUT2D eigenvalue weighted by Crippen LogP contribution is -2.25. The highest BCUT2D eigenvalue weighted by Gasteiger charge is 2.23. The van der Waals surface area contributed by atoms with Crippen molar-refractivity contribution in [3.63, 3.8) is 0 Å². The molecule has 1 aliphatic rings. The number of nitrogens with two attached hydrogens (primary N) is 1. The van der Waals surface area contributed by atoms with E-state index in [1.165, 1.54) is 0 Å². The lowest BCUT2D eigenvalue weighted by Gasteiger charge is -2.26. The molecule has 2 aromatic rings. The maximum Gasteiger partial charge on any atom is 0.0951 e. The second-order valence-corrected chi connectivity index (χ2v) is 6.89. The molecule has 1 fully saturated rings. The van der Waals surface area contributed by atoms with Gasteiger partial charge in [-0.15, -0.1) is 0 Å². The molecule has 3 rings (SSSR count). The summed E-state index contributed by atoms with van der Waals surface area (Å²) >= 11 is 0. The van der Waals surface area contributed by atoms with Crippen molar-refractivity contribution in [2.24, 2.45) is 5.73 Å². The molecule has 0 spiro atoms. The van der Waals surface area contributed by atoms with Gasteiger partial charge >= 0.3 is 0 Å². The number of rotatable bonds is 3. The number of aromatic nitrogens is 2. The summed E-state index contributed by atoms with van der Waals surface area (Å²) in [5.74, 6) is 1.56. The van der Waals surface area contributed by atoms with E-state index in [0.29, 0.717) is 6.04 Å². The predicted molar refractivity (Wildman–Crippen MR) is 80.8 cm³/mol. The van der Waals surface area contributed by atoms with E-state index in [0.717, 1.165) is 35.6 Å². The van der Waals surface area contributed by atoms with Crippen LogP contribution in [0.15, 0.2) is 42.9 Å². The van der Waals surface area contributed by atoms with E-state index in [2.05, 4.69) is 9.55 Å². The van der Waals surface area contributed by atoms with E-state index >= 15 is 0 Å². The first-order chi connectivity index (χ1) is 9.75. The van der Waals surface area contributed by atoms with Gasteiger partial charge in [0.05, 0.1) is 24.3 Å². The van der Waals surface area contributed by atoms with Crippen LogP contribution in [0, 0.1) is 0 Å². The Balaban J connectivity index is 1.85. The summed E-state index contributed by atoms with van der Waals surface area (Å²) in [6.07, 6.45) is 5.59. The molecule has 20 heavy (non-hydrogen) atoms. The van der Waals surface area contributed by atoms with Crippen LogP contribution in [0.3, 0.4) is 0 Å². The fourth-order valence-electron chi connectivity index (χ4n) is 2.75. The van der Waals surface area contributed by atoms with Crippen molar-refractivity contribution in [2.75, 3.05) is 11.5 Å². The van der Waals surface area contributed by atoms with Crippen LogP contribution in [-0.2, 0) is 10.8 Å². The molecular weight excluding hydrogens is 270 g/mol. The number of nitrogens with zero attached hydrogens (tertiary/aromatic N) is 2. The summed E-state index contributed by atoms with van der Waals surface area (Å²) in [5, 5.41) is 0. The van der Waals surface area contributed by atoms with Crippen LogP contribution in [0.4, 0.5) is 0 Å². The van der Waals surface area contributed by atoms with Crippen molar-refractivity contribution in [1.82, 2.24) is 9.55 Å². The van der Waals surface area contributed by atoms with Gasteiger partial charge in [-0.3, -0.25) is 4.21 Å². The third-order valence-electron chi connectivity index (χ3n) is 3.92. The van der Waals surface area contributed by atoms with Crippen LogP contribution in [0.1, 0.15) is 36.2 Å². The van der Waals surface area contributed by atoms with Crippen molar-refractivity contribution < 1.29 is 4.21 Å². The number of benzene rings is 1. The quantitative estimate of drug-likeness (QED) is 0.940. The Hall–Kier alpha value is -1.46. The van der Waals surface area contributed by atoms with Crippen molar-refractivity contribution >= 4 is 10.8 Å². The number of imidazole rings is 1. The van der Waals surface area contributed by atoms with E-state index in [-0.39, 0.29) is 6.04 Å². The fourth-order valence-corrected chi connectivity index (χ4v) is 4.03. The van der Waals surface area contributed by atoms with Gasteiger partial charge in [0.25, 0.3) is 0 Å². The minimum Gasteiger partial charge on any atom is -0.330 e. The minimum atomic E-state index is -0.641. The Bertz CT molecular complexity index is 586. The van der Waals surface area contributed by atoms with Gasteiger partial charge in [0, 0.05) is 28.3 Å². The first kappa shape index (κ1) is 13.5. The second-order valence-electron chi connectivity index (χ2n) is 5.19. The first-order valence-electron chi connectivity index (χ1n) is 6.93. The first-order valence-corrected chi connectivity index (χ1v) is 8.41. The Morgan fingerprint density at radius 1 is 1.25 bits per heavy atom. The maximum atomic E-state index is 11.5. The Kier molecular flexibility index (Phi) is 3.98. The molecule has 0 radical (unpaired) electrons. The molecule has 1 unspecified atom stereocenters. The molecule has 1 atom stereocenters. The standard InChI is InChI=1S/C15H19N3OS/c16-15(12-4-2-1-3-5-12)14-10-17-11-18(14)13-6-8-20(19)9-7-13/h1-5,10-11,13,15H,6-9,16H2. The predicted octanol–water partition coefficient (Wildman–Crippen LogP) is 2.01. The summed E-state index contributed by atoms with van der Waals surface area (Å²) < 4.78 is 13.7. The van der Waals surface area contributed by atoms with E-state index in [1.54, 1.807) is 0 Å². The van der Waals surface area contributed by atoms with Crippen LogP contribution in [0.25, 0.3) is 0 Å². The van der Waals surface area contributed by atoms with Crippen molar-refractivity contribution in [3.8, 4) is 0 Å². The van der Waals surface area contributed by atoms with Crippen LogP contribution in [-0.4, -0.2) is 25.3 Å². The second kappa shape index (κ2) is 5.89. The summed E-state index contributed by atoms with van der Waals surface area (Å²) in [6, 6.07) is 10.3. The molecule has 1 aromatic carbocycles. The molecule has 0 aliphatic carbocycles. The van der Waals surface area contributed by atoms with Gasteiger partial charge in [0.2, 0.25) is 0 Å². The summed E-state index contributed by atoms with van der Waals surface area (Å²) in [6.45, 7) is 0. The SMILES string of the molecule is NC(c1ccccc1)c1cncn1C1CCS(=O)CC1. The zero-order valence-corrected chi connectivity index (χ0v) is 12.1. The zero-order valence-electron chi connectivity index (χ0n) is 11.3. The monoisotopic (exact) mass is 289 g/mol. The maximum absolute atomic E-state index is 11.5. The molecule has 2 heterocycles. The smallest absolute Gasteiger partial charge is 0.0951 e. The normalized spacial score (nSPS) is 24.4. The minimum absolute atomic E-state index is 0.161. The molecule has 4 nitrogen and oxygen atoms in total. The van der Waals surface area contributed by atoms with Crippen LogP contribution in [0.5, 0.6) is 0 Å². The third-order valence-corrected chi connectivity index (χ3v) is 5.31. The average molecular weight is 289 g/mol. The molecule has 1 aromatic heterocycles. The van der Waals surface area contributed by atoms with Gasteiger partial charge < -0.3 is 10.3 Å². The van der Waals surface area contributed by atoms with Gasteiger partial charge in [-0.1, -0.05) is 30.3 Å². The van der Waals surface area contributed by atoms with E-state index in [9.17, 15) is 4.21 Å². The van der Waals surface area contributed by atoms with Gasteiger partial charge in [-0.2, -0.15) is 0 Å². The van der Waals surface area contributed by atoms with Gasteiger partial charge in [0.15, 0.2) is 0 Å². The lowest BCUT2D eigenvalue weighted by molar-refractivity contribution is 0.444. The molecular formula is C15H19N3OS. The third kappa shape index (κ3) is 2.69. The molecule has 1 saturated heterocycles. The van der Waals surface area contributed by atoms with Crippen LogP contribution >= 0.6 is 0 Å². The number of hydrogen-bond acceptors (Lipinski definition) is 3. The summed E-state index contributed by atoms with van der Waals surface area (Å²) in [5.41, 5.74) is 8.50. The Labute approximate surface area is 121 Å². The van der Waals surface area contributed by atoms with Crippen LogP contribution in [0.2, 0.25) is 0 Å². The number of hydrogen-bond donors (Lipinski definition) is 1. The highest BCUT2D eigenvalue weighted by molar-refractivity contribution is 7.85.